The van der Waals surface area contributed by atoms with Gasteiger partial charge >= 0.3 is 0 Å². The van der Waals surface area contributed by atoms with E-state index in [9.17, 15) is 19.6 Å². The zero-order chi connectivity index (χ0) is 18.7. The van der Waals surface area contributed by atoms with Gasteiger partial charge in [-0.1, -0.05) is 0 Å². The van der Waals surface area contributed by atoms with Crippen LogP contribution in [0.5, 0.6) is 0 Å². The smallest absolute Gasteiger partial charge is 0.254 e. The van der Waals surface area contributed by atoms with Crippen molar-refractivity contribution >= 4 is 17.4 Å². The summed E-state index contributed by atoms with van der Waals surface area (Å²) < 4.78 is 14.7. The van der Waals surface area contributed by atoms with Gasteiger partial charge in [-0.05, 0) is 49.9 Å². The number of aliphatic hydroxyl groups excluding tert-OH is 1. The maximum atomic E-state index is 13.1. The van der Waals surface area contributed by atoms with E-state index in [1.165, 1.54) is 24.3 Å². The predicted molar refractivity (Wildman–Crippen MR) is 93.1 cm³/mol. The number of rotatable bonds is 5. The summed E-state index contributed by atoms with van der Waals surface area (Å²) in [6.07, 6.45) is 3.67. The zero-order valence-corrected chi connectivity index (χ0v) is 14.2. The molecule has 1 saturated carbocycles. The Bertz CT molecular complexity index is 832. The number of aromatic nitrogens is 2. The van der Waals surface area contributed by atoms with Crippen molar-refractivity contribution in [3.05, 3.63) is 41.8 Å². The summed E-state index contributed by atoms with van der Waals surface area (Å²) in [7, 11) is 0. The molecule has 0 spiro atoms. The number of amides is 1. The van der Waals surface area contributed by atoms with E-state index >= 15 is 0 Å². The number of nitrogens with two attached hydrogens (primary N) is 1. The minimum Gasteiger partial charge on any atom is -0.393 e. The third-order valence-electron chi connectivity index (χ3n) is 4.87. The number of hydrogen-bond acceptors (Lipinski definition) is 5. The molecule has 7 nitrogen and oxygen atoms in total. The second-order valence-corrected chi connectivity index (χ2v) is 6.62. The lowest BCUT2D eigenvalue weighted by Gasteiger charge is -2.37. The van der Waals surface area contributed by atoms with Crippen LogP contribution < -0.4 is 11.1 Å². The summed E-state index contributed by atoms with van der Waals surface area (Å²) in [5, 5.41) is 26.5. The first-order chi connectivity index (χ1) is 12.4. The van der Waals surface area contributed by atoms with Crippen molar-refractivity contribution in [1.82, 2.24) is 9.78 Å². The van der Waals surface area contributed by atoms with Crippen LogP contribution in [0, 0.1) is 17.1 Å². The molecule has 0 unspecified atom stereocenters. The van der Waals surface area contributed by atoms with Crippen molar-refractivity contribution in [3.8, 4) is 6.07 Å². The first-order valence-corrected chi connectivity index (χ1v) is 8.41. The zero-order valence-electron chi connectivity index (χ0n) is 14.2. The maximum Gasteiger partial charge on any atom is 0.254 e. The summed E-state index contributed by atoms with van der Waals surface area (Å²) in [4.78, 5) is 11.8. The van der Waals surface area contributed by atoms with Crippen molar-refractivity contribution in [1.29, 1.82) is 5.26 Å². The molecular formula is C18H20FN5O2. The number of halogens is 1. The lowest BCUT2D eigenvalue weighted by molar-refractivity contribution is 0.0632. The number of primary amides is 1. The Kier molecular flexibility index (Phi) is 4.91. The van der Waals surface area contributed by atoms with Gasteiger partial charge in [0.15, 0.2) is 5.82 Å². The van der Waals surface area contributed by atoms with E-state index in [0.29, 0.717) is 31.4 Å². The Morgan fingerprint density at radius 3 is 2.65 bits per heavy atom. The highest BCUT2D eigenvalue weighted by atomic mass is 19.1. The Hall–Kier alpha value is -2.92. The van der Waals surface area contributed by atoms with Crippen molar-refractivity contribution in [2.75, 3.05) is 5.32 Å². The molecule has 136 valence electrons. The molecule has 1 aromatic carbocycles. The van der Waals surface area contributed by atoms with Crippen LogP contribution in [0.2, 0.25) is 0 Å². The van der Waals surface area contributed by atoms with E-state index in [0.717, 1.165) is 0 Å². The van der Waals surface area contributed by atoms with Crippen LogP contribution in [0.15, 0.2) is 30.5 Å². The third-order valence-corrected chi connectivity index (χ3v) is 4.87. The number of carbonyl (C=O) groups excluding carboxylic acids is 1. The Labute approximate surface area is 150 Å². The van der Waals surface area contributed by atoms with Crippen molar-refractivity contribution in [3.63, 3.8) is 0 Å². The van der Waals surface area contributed by atoms with Crippen LogP contribution in [-0.2, 0) is 5.54 Å². The molecule has 1 amide bonds. The van der Waals surface area contributed by atoms with E-state index in [4.69, 9.17) is 5.73 Å². The first-order valence-electron chi connectivity index (χ1n) is 8.41. The molecule has 1 aliphatic carbocycles. The number of nitrogens with zero attached hydrogens (tertiary/aromatic N) is 3. The summed E-state index contributed by atoms with van der Waals surface area (Å²) in [5.74, 6) is -0.763. The molecule has 0 radical (unpaired) electrons. The molecule has 3 rings (SSSR count). The molecule has 0 saturated heterocycles. The number of hydrogen-bond donors (Lipinski definition) is 3. The molecule has 0 atom stereocenters. The van der Waals surface area contributed by atoms with Gasteiger partial charge in [0.2, 0.25) is 0 Å². The quantitative estimate of drug-likeness (QED) is 0.760. The molecule has 1 heterocycles. The standard InChI is InChI=1S/C18H20FN5O2/c19-12-1-3-13(4-2-12)22-17-15(16(21)26)11-24(23-17)18(9-10-20)7-5-14(25)6-8-18/h1-4,11,14,25H,5-9H2,(H2,21,26)(H,22,23). The highest BCUT2D eigenvalue weighted by molar-refractivity contribution is 5.98. The molecule has 26 heavy (non-hydrogen) atoms. The van der Waals surface area contributed by atoms with Crippen LogP contribution in [0.3, 0.4) is 0 Å². The van der Waals surface area contributed by atoms with Gasteiger partial charge in [0.05, 0.1) is 24.1 Å². The Morgan fingerprint density at radius 1 is 1.42 bits per heavy atom. The average molecular weight is 357 g/mol. The van der Waals surface area contributed by atoms with Gasteiger partial charge in [0, 0.05) is 11.9 Å². The van der Waals surface area contributed by atoms with Gasteiger partial charge in [-0.2, -0.15) is 10.4 Å². The van der Waals surface area contributed by atoms with Gasteiger partial charge in [0.25, 0.3) is 5.91 Å². The summed E-state index contributed by atoms with van der Waals surface area (Å²) in [6, 6.07) is 7.83. The average Bonchev–Trinajstić information content (AvgIpc) is 3.04. The summed E-state index contributed by atoms with van der Waals surface area (Å²) >= 11 is 0. The summed E-state index contributed by atoms with van der Waals surface area (Å²) in [5.41, 5.74) is 5.65. The maximum absolute atomic E-state index is 13.1. The summed E-state index contributed by atoms with van der Waals surface area (Å²) in [6.45, 7) is 0. The third kappa shape index (κ3) is 3.53. The molecule has 0 bridgehead atoms. The molecule has 0 aliphatic heterocycles. The van der Waals surface area contributed by atoms with Crippen molar-refractivity contribution in [2.45, 2.75) is 43.7 Å². The Balaban J connectivity index is 1.96. The van der Waals surface area contributed by atoms with E-state index < -0.39 is 11.4 Å². The fourth-order valence-electron chi connectivity index (χ4n) is 3.33. The lowest BCUT2D eigenvalue weighted by Crippen LogP contribution is -2.39. The molecule has 1 aromatic heterocycles. The minimum atomic E-state index is -0.649. The molecule has 1 aliphatic rings. The second kappa shape index (κ2) is 7.14. The largest absolute Gasteiger partial charge is 0.393 e. The minimum absolute atomic E-state index is 0.192. The van der Waals surface area contributed by atoms with Gasteiger partial charge in [-0.15, -0.1) is 0 Å². The van der Waals surface area contributed by atoms with E-state index in [1.54, 1.807) is 10.9 Å². The number of anilines is 2. The number of benzene rings is 1. The molecule has 8 heteroatoms. The lowest BCUT2D eigenvalue weighted by atomic mass is 9.78. The van der Waals surface area contributed by atoms with Gasteiger partial charge < -0.3 is 16.2 Å². The van der Waals surface area contributed by atoms with Crippen LogP contribution >= 0.6 is 0 Å². The van der Waals surface area contributed by atoms with Gasteiger partial charge in [-0.25, -0.2) is 4.39 Å². The SMILES string of the molecule is N#CCC1(n2cc(C(N)=O)c(Nc3ccc(F)cc3)n2)CCC(O)CC1. The van der Waals surface area contributed by atoms with Gasteiger partial charge in [0.1, 0.15) is 11.4 Å². The number of aliphatic hydroxyl groups is 1. The Morgan fingerprint density at radius 2 is 2.08 bits per heavy atom. The van der Waals surface area contributed by atoms with E-state index in [1.807, 2.05) is 0 Å². The van der Waals surface area contributed by atoms with E-state index in [-0.39, 0.29) is 29.7 Å². The van der Waals surface area contributed by atoms with E-state index in [2.05, 4.69) is 16.5 Å². The number of nitrogens with one attached hydrogen (secondary N) is 1. The predicted octanol–water partition coefficient (Wildman–Crippen LogP) is 2.41. The van der Waals surface area contributed by atoms with Crippen LogP contribution in [0.4, 0.5) is 15.9 Å². The monoisotopic (exact) mass is 357 g/mol. The fraction of sp³-hybridized carbons (Fsp3) is 0.389. The van der Waals surface area contributed by atoms with Crippen molar-refractivity contribution < 1.29 is 14.3 Å². The highest BCUT2D eigenvalue weighted by Crippen LogP contribution is 2.38. The van der Waals surface area contributed by atoms with Crippen LogP contribution in [-0.4, -0.2) is 26.9 Å². The molecule has 2 aromatic rings. The molecule has 1 fully saturated rings. The number of nitriles is 1. The van der Waals surface area contributed by atoms with Crippen LogP contribution in [0.25, 0.3) is 0 Å². The molecule has 4 N–H and O–H groups in total. The fourth-order valence-corrected chi connectivity index (χ4v) is 3.33. The normalized spacial score (nSPS) is 22.6. The first kappa shape index (κ1) is 17.9. The topological polar surface area (TPSA) is 117 Å². The number of carbonyl (C=O) groups is 1. The van der Waals surface area contributed by atoms with Crippen molar-refractivity contribution in [2.24, 2.45) is 5.73 Å². The molecular weight excluding hydrogens is 337 g/mol. The highest BCUT2D eigenvalue weighted by Gasteiger charge is 2.38. The second-order valence-electron chi connectivity index (χ2n) is 6.62. The van der Waals surface area contributed by atoms with Crippen LogP contribution in [0.1, 0.15) is 42.5 Å². The van der Waals surface area contributed by atoms with Gasteiger partial charge in [-0.3, -0.25) is 9.48 Å².